The monoisotopic (exact) mass is 272 g/mol. The number of rotatable bonds is 3. The number of aryl methyl sites for hydroxylation is 1. The van der Waals surface area contributed by atoms with Crippen LogP contribution >= 0.6 is 0 Å². The molecule has 0 bridgehead atoms. The van der Waals surface area contributed by atoms with Gasteiger partial charge in [-0.25, -0.2) is 10.4 Å². The minimum absolute atomic E-state index is 0.224. The Hall–Kier alpha value is -2.83. The normalized spacial score (nSPS) is 12.8. The SMILES string of the molecule is Cc1cc(=O)[nH]c(N/N=C\c2ccc3c(c2)OCO3)n1. The van der Waals surface area contributed by atoms with Crippen molar-refractivity contribution in [1.29, 1.82) is 0 Å². The zero-order valence-corrected chi connectivity index (χ0v) is 10.7. The molecule has 0 atom stereocenters. The summed E-state index contributed by atoms with van der Waals surface area (Å²) in [6.07, 6.45) is 1.60. The van der Waals surface area contributed by atoms with E-state index < -0.39 is 0 Å². The average molecular weight is 272 g/mol. The number of aromatic nitrogens is 2. The molecule has 0 unspecified atom stereocenters. The van der Waals surface area contributed by atoms with E-state index in [1.165, 1.54) is 6.07 Å². The summed E-state index contributed by atoms with van der Waals surface area (Å²) in [6.45, 7) is 1.98. The summed E-state index contributed by atoms with van der Waals surface area (Å²) in [6, 6.07) is 6.90. The number of aromatic amines is 1. The Balaban J connectivity index is 1.73. The van der Waals surface area contributed by atoms with Crippen molar-refractivity contribution < 1.29 is 9.47 Å². The Labute approximate surface area is 114 Å². The highest BCUT2D eigenvalue weighted by atomic mass is 16.7. The van der Waals surface area contributed by atoms with Gasteiger partial charge in [0.1, 0.15) is 0 Å². The van der Waals surface area contributed by atoms with Gasteiger partial charge in [-0.2, -0.15) is 5.10 Å². The van der Waals surface area contributed by atoms with Crippen molar-refractivity contribution in [3.63, 3.8) is 0 Å². The highest BCUT2D eigenvalue weighted by Gasteiger charge is 2.12. The van der Waals surface area contributed by atoms with Crippen LogP contribution in [0.3, 0.4) is 0 Å². The summed E-state index contributed by atoms with van der Waals surface area (Å²) >= 11 is 0. The smallest absolute Gasteiger partial charge is 0.252 e. The molecule has 0 spiro atoms. The van der Waals surface area contributed by atoms with Crippen molar-refractivity contribution in [1.82, 2.24) is 9.97 Å². The fourth-order valence-electron chi connectivity index (χ4n) is 1.79. The molecule has 2 heterocycles. The lowest BCUT2D eigenvalue weighted by atomic mass is 10.2. The van der Waals surface area contributed by atoms with Crippen molar-refractivity contribution in [2.24, 2.45) is 5.10 Å². The lowest BCUT2D eigenvalue weighted by Gasteiger charge is -2.00. The second kappa shape index (κ2) is 5.04. The zero-order valence-electron chi connectivity index (χ0n) is 10.7. The van der Waals surface area contributed by atoms with E-state index in [0.29, 0.717) is 17.4 Å². The molecule has 0 aliphatic carbocycles. The number of H-pyrrole nitrogens is 1. The van der Waals surface area contributed by atoms with Crippen LogP contribution in [0.1, 0.15) is 11.3 Å². The lowest BCUT2D eigenvalue weighted by Crippen LogP contribution is -2.10. The van der Waals surface area contributed by atoms with Crippen LogP contribution < -0.4 is 20.5 Å². The van der Waals surface area contributed by atoms with Gasteiger partial charge in [0.25, 0.3) is 5.56 Å². The molecular weight excluding hydrogens is 260 g/mol. The number of benzene rings is 1. The molecule has 3 rings (SSSR count). The topological polar surface area (TPSA) is 88.6 Å². The van der Waals surface area contributed by atoms with Gasteiger partial charge in [-0.1, -0.05) is 0 Å². The third-order valence-corrected chi connectivity index (χ3v) is 2.65. The Morgan fingerprint density at radius 1 is 1.35 bits per heavy atom. The molecule has 7 nitrogen and oxygen atoms in total. The number of ether oxygens (including phenoxy) is 2. The molecule has 0 fully saturated rings. The van der Waals surface area contributed by atoms with Gasteiger partial charge in [0, 0.05) is 11.8 Å². The average Bonchev–Trinajstić information content (AvgIpc) is 2.85. The Morgan fingerprint density at radius 3 is 3.05 bits per heavy atom. The number of hydrogen-bond donors (Lipinski definition) is 2. The molecule has 7 heteroatoms. The lowest BCUT2D eigenvalue weighted by molar-refractivity contribution is 0.174. The molecule has 20 heavy (non-hydrogen) atoms. The Morgan fingerprint density at radius 2 is 2.20 bits per heavy atom. The van der Waals surface area contributed by atoms with Crippen molar-refractivity contribution in [2.75, 3.05) is 12.2 Å². The van der Waals surface area contributed by atoms with Gasteiger partial charge < -0.3 is 9.47 Å². The first kappa shape index (κ1) is 12.2. The summed E-state index contributed by atoms with van der Waals surface area (Å²) in [4.78, 5) is 17.9. The molecule has 1 aromatic carbocycles. The molecule has 1 aliphatic rings. The summed E-state index contributed by atoms with van der Waals surface area (Å²) < 4.78 is 10.5. The minimum Gasteiger partial charge on any atom is -0.454 e. The number of nitrogens with one attached hydrogen (secondary N) is 2. The van der Waals surface area contributed by atoms with Crippen LogP contribution in [-0.2, 0) is 0 Å². The van der Waals surface area contributed by atoms with Gasteiger partial charge in [-0.05, 0) is 30.7 Å². The van der Waals surface area contributed by atoms with Crippen molar-refractivity contribution in [2.45, 2.75) is 6.92 Å². The molecule has 1 aromatic heterocycles. The van der Waals surface area contributed by atoms with E-state index in [1.54, 1.807) is 13.1 Å². The summed E-state index contributed by atoms with van der Waals surface area (Å²) in [5.74, 6) is 1.71. The molecule has 0 saturated heterocycles. The van der Waals surface area contributed by atoms with Crippen molar-refractivity contribution >= 4 is 12.2 Å². The maximum atomic E-state index is 11.3. The maximum absolute atomic E-state index is 11.3. The van der Waals surface area contributed by atoms with E-state index in [9.17, 15) is 4.79 Å². The molecule has 2 aromatic rings. The van der Waals surface area contributed by atoms with Crippen molar-refractivity contribution in [3.05, 3.63) is 45.9 Å². The second-order valence-corrected chi connectivity index (χ2v) is 4.22. The van der Waals surface area contributed by atoms with E-state index in [-0.39, 0.29) is 12.4 Å². The highest BCUT2D eigenvalue weighted by Crippen LogP contribution is 2.31. The highest BCUT2D eigenvalue weighted by molar-refractivity contribution is 5.81. The van der Waals surface area contributed by atoms with Gasteiger partial charge in [0.15, 0.2) is 11.5 Å². The first-order valence-electron chi connectivity index (χ1n) is 5.97. The number of nitrogens with zero attached hydrogens (tertiary/aromatic N) is 2. The number of fused-ring (bicyclic) bond motifs is 1. The first-order valence-corrected chi connectivity index (χ1v) is 5.97. The number of hydrogen-bond acceptors (Lipinski definition) is 6. The first-order chi connectivity index (χ1) is 9.70. The van der Waals surface area contributed by atoms with E-state index in [4.69, 9.17) is 9.47 Å². The molecule has 2 N–H and O–H groups in total. The van der Waals surface area contributed by atoms with E-state index in [0.717, 1.165) is 11.3 Å². The summed E-state index contributed by atoms with van der Waals surface area (Å²) in [5, 5.41) is 4.02. The van der Waals surface area contributed by atoms with Gasteiger partial charge in [-0.15, -0.1) is 0 Å². The quantitative estimate of drug-likeness (QED) is 0.648. The summed E-state index contributed by atoms with van der Waals surface area (Å²) in [7, 11) is 0. The molecule has 0 amide bonds. The maximum Gasteiger partial charge on any atom is 0.252 e. The van der Waals surface area contributed by atoms with Gasteiger partial charge in [0.05, 0.1) is 6.21 Å². The standard InChI is InChI=1S/C13H12N4O3/c1-8-4-12(18)16-13(15-8)17-14-6-9-2-3-10-11(5-9)20-7-19-10/h2-6H,7H2,1H3,(H2,15,16,17,18)/b14-6-. The van der Waals surface area contributed by atoms with Crippen LogP contribution in [-0.4, -0.2) is 23.0 Å². The van der Waals surface area contributed by atoms with Gasteiger partial charge in [0.2, 0.25) is 12.7 Å². The molecule has 0 saturated carbocycles. The van der Waals surface area contributed by atoms with E-state index in [2.05, 4.69) is 20.5 Å². The molecule has 1 aliphatic heterocycles. The van der Waals surface area contributed by atoms with Gasteiger partial charge >= 0.3 is 0 Å². The van der Waals surface area contributed by atoms with Crippen LogP contribution in [0.25, 0.3) is 0 Å². The molecule has 102 valence electrons. The van der Waals surface area contributed by atoms with Crippen LogP contribution in [0.15, 0.2) is 34.2 Å². The van der Waals surface area contributed by atoms with E-state index >= 15 is 0 Å². The van der Waals surface area contributed by atoms with E-state index in [1.807, 2.05) is 18.2 Å². The minimum atomic E-state index is -0.224. The predicted octanol–water partition coefficient (Wildman–Crippen LogP) is 1.25. The fraction of sp³-hybridized carbons (Fsp3) is 0.154. The predicted molar refractivity (Wildman–Crippen MR) is 73.4 cm³/mol. The number of hydrazone groups is 1. The van der Waals surface area contributed by atoms with Gasteiger partial charge in [-0.3, -0.25) is 9.78 Å². The number of anilines is 1. The summed E-state index contributed by atoms with van der Waals surface area (Å²) in [5.41, 5.74) is 3.91. The zero-order chi connectivity index (χ0) is 13.9. The van der Waals surface area contributed by atoms with Crippen LogP contribution in [0.2, 0.25) is 0 Å². The molecule has 0 radical (unpaired) electrons. The third kappa shape index (κ3) is 2.61. The van der Waals surface area contributed by atoms with Crippen LogP contribution in [0, 0.1) is 6.92 Å². The molecular formula is C13H12N4O3. The largest absolute Gasteiger partial charge is 0.454 e. The fourth-order valence-corrected chi connectivity index (χ4v) is 1.79. The van der Waals surface area contributed by atoms with Crippen LogP contribution in [0.4, 0.5) is 5.95 Å². The third-order valence-electron chi connectivity index (χ3n) is 2.65. The Kier molecular flexibility index (Phi) is 3.08. The van der Waals surface area contributed by atoms with Crippen LogP contribution in [0.5, 0.6) is 11.5 Å². The second-order valence-electron chi connectivity index (χ2n) is 4.22. The Bertz CT molecular complexity index is 724. The van der Waals surface area contributed by atoms with Crippen molar-refractivity contribution in [3.8, 4) is 11.5 Å².